The Morgan fingerprint density at radius 1 is 1.38 bits per heavy atom. The maximum absolute atomic E-state index is 12.7. The predicted octanol–water partition coefficient (Wildman–Crippen LogP) is 1.41. The standard InChI is InChI=1S/C16H22N2O3/c1-11-14(21-13-6-4-3-5-12(13)20-11)15(19)18-8-7-16(2,9-17)10-18/h3-6,11,14H,7-10,17H2,1-2H3. The Morgan fingerprint density at radius 2 is 2.05 bits per heavy atom. The van der Waals surface area contributed by atoms with Crippen LogP contribution in [0.5, 0.6) is 11.5 Å². The molecule has 3 atom stereocenters. The van der Waals surface area contributed by atoms with Gasteiger partial charge in [-0.25, -0.2) is 0 Å². The van der Waals surface area contributed by atoms with E-state index in [1.165, 1.54) is 0 Å². The van der Waals surface area contributed by atoms with Gasteiger partial charge in [0.05, 0.1) is 0 Å². The number of hydrogen-bond donors (Lipinski definition) is 1. The zero-order valence-corrected chi connectivity index (χ0v) is 12.5. The Kier molecular flexibility index (Phi) is 3.53. The highest BCUT2D eigenvalue weighted by Crippen LogP contribution is 2.35. The molecule has 5 nitrogen and oxygen atoms in total. The van der Waals surface area contributed by atoms with Gasteiger partial charge in [0.25, 0.3) is 5.91 Å². The fourth-order valence-electron chi connectivity index (χ4n) is 2.95. The van der Waals surface area contributed by atoms with E-state index in [2.05, 4.69) is 6.92 Å². The van der Waals surface area contributed by atoms with E-state index in [9.17, 15) is 4.79 Å². The van der Waals surface area contributed by atoms with Crippen molar-refractivity contribution in [3.63, 3.8) is 0 Å². The Labute approximate surface area is 125 Å². The van der Waals surface area contributed by atoms with Gasteiger partial charge >= 0.3 is 0 Å². The van der Waals surface area contributed by atoms with Gasteiger partial charge in [-0.05, 0) is 37.4 Å². The van der Waals surface area contributed by atoms with Crippen LogP contribution in [0.3, 0.4) is 0 Å². The van der Waals surface area contributed by atoms with Gasteiger partial charge < -0.3 is 20.1 Å². The number of benzene rings is 1. The molecular weight excluding hydrogens is 268 g/mol. The number of nitrogens with two attached hydrogens (primary N) is 1. The molecule has 0 spiro atoms. The molecule has 2 aliphatic heterocycles. The monoisotopic (exact) mass is 290 g/mol. The van der Waals surface area contributed by atoms with Crippen LogP contribution >= 0.6 is 0 Å². The van der Waals surface area contributed by atoms with Gasteiger partial charge in [0, 0.05) is 13.1 Å². The lowest BCUT2D eigenvalue weighted by Gasteiger charge is -2.33. The van der Waals surface area contributed by atoms with Crippen molar-refractivity contribution in [1.82, 2.24) is 4.90 Å². The summed E-state index contributed by atoms with van der Waals surface area (Å²) in [7, 11) is 0. The van der Waals surface area contributed by atoms with Crippen molar-refractivity contribution in [2.24, 2.45) is 11.1 Å². The van der Waals surface area contributed by atoms with Gasteiger partial charge in [0.2, 0.25) is 6.10 Å². The molecule has 21 heavy (non-hydrogen) atoms. The van der Waals surface area contributed by atoms with E-state index in [-0.39, 0.29) is 17.4 Å². The number of nitrogens with zero attached hydrogens (tertiary/aromatic N) is 1. The van der Waals surface area contributed by atoms with Crippen LogP contribution in [0.1, 0.15) is 20.3 Å². The van der Waals surface area contributed by atoms with Crippen molar-refractivity contribution < 1.29 is 14.3 Å². The highest BCUT2D eigenvalue weighted by molar-refractivity contribution is 5.82. The number of fused-ring (bicyclic) bond motifs is 1. The average Bonchev–Trinajstić information content (AvgIpc) is 2.89. The molecule has 0 radical (unpaired) electrons. The maximum atomic E-state index is 12.7. The number of hydrogen-bond acceptors (Lipinski definition) is 4. The minimum absolute atomic E-state index is 0.00539. The SMILES string of the molecule is CC1Oc2ccccc2OC1C(=O)N1CCC(C)(CN)C1. The van der Waals surface area contributed by atoms with Crippen molar-refractivity contribution in [3.05, 3.63) is 24.3 Å². The first kappa shape index (κ1) is 14.2. The molecular formula is C16H22N2O3. The second-order valence-electron chi connectivity index (χ2n) is 6.33. The van der Waals surface area contributed by atoms with Crippen LogP contribution in [0.15, 0.2) is 24.3 Å². The minimum atomic E-state index is -0.583. The normalized spacial score (nSPS) is 31.3. The van der Waals surface area contributed by atoms with Crippen LogP contribution in [0.25, 0.3) is 0 Å². The van der Waals surface area contributed by atoms with Gasteiger partial charge in [-0.15, -0.1) is 0 Å². The topological polar surface area (TPSA) is 64.8 Å². The van der Waals surface area contributed by atoms with E-state index in [1.54, 1.807) is 0 Å². The fourth-order valence-corrected chi connectivity index (χ4v) is 2.95. The number of ether oxygens (including phenoxy) is 2. The quantitative estimate of drug-likeness (QED) is 0.894. The van der Waals surface area contributed by atoms with Crippen molar-refractivity contribution in [2.45, 2.75) is 32.5 Å². The molecule has 1 fully saturated rings. The molecule has 3 unspecified atom stereocenters. The third-order valence-electron chi connectivity index (χ3n) is 4.45. The number of rotatable bonds is 2. The number of carbonyl (C=O) groups is 1. The van der Waals surface area contributed by atoms with E-state index in [4.69, 9.17) is 15.2 Å². The minimum Gasteiger partial charge on any atom is -0.482 e. The highest BCUT2D eigenvalue weighted by atomic mass is 16.6. The van der Waals surface area contributed by atoms with Crippen molar-refractivity contribution in [2.75, 3.05) is 19.6 Å². The van der Waals surface area contributed by atoms with Crippen LogP contribution in [-0.4, -0.2) is 42.6 Å². The summed E-state index contributed by atoms with van der Waals surface area (Å²) in [6, 6.07) is 7.45. The van der Waals surface area contributed by atoms with E-state index in [1.807, 2.05) is 36.1 Å². The summed E-state index contributed by atoms with van der Waals surface area (Å²) in [5.41, 5.74) is 5.83. The van der Waals surface area contributed by atoms with E-state index < -0.39 is 6.10 Å². The lowest BCUT2D eigenvalue weighted by Crippen LogP contribution is -2.50. The van der Waals surface area contributed by atoms with Gasteiger partial charge in [0.15, 0.2) is 11.5 Å². The van der Waals surface area contributed by atoms with Gasteiger partial charge in [0.1, 0.15) is 6.10 Å². The van der Waals surface area contributed by atoms with Crippen LogP contribution in [0, 0.1) is 5.41 Å². The predicted molar refractivity (Wildman–Crippen MR) is 79.3 cm³/mol. The summed E-state index contributed by atoms with van der Waals surface area (Å²) in [4.78, 5) is 14.6. The number of amides is 1. The first-order chi connectivity index (χ1) is 10.0. The molecule has 1 aromatic rings. The van der Waals surface area contributed by atoms with Gasteiger partial charge in [-0.3, -0.25) is 4.79 Å². The largest absolute Gasteiger partial charge is 0.482 e. The third kappa shape index (κ3) is 2.58. The molecule has 1 amide bonds. The first-order valence-corrected chi connectivity index (χ1v) is 7.44. The molecule has 2 N–H and O–H groups in total. The maximum Gasteiger partial charge on any atom is 0.267 e. The molecule has 0 aliphatic carbocycles. The summed E-state index contributed by atoms with van der Waals surface area (Å²) in [5, 5.41) is 0. The van der Waals surface area contributed by atoms with E-state index in [0.29, 0.717) is 24.6 Å². The van der Waals surface area contributed by atoms with Crippen LogP contribution < -0.4 is 15.2 Å². The van der Waals surface area contributed by atoms with Gasteiger partial charge in [-0.2, -0.15) is 0 Å². The molecule has 0 saturated carbocycles. The Bertz CT molecular complexity index is 548. The number of likely N-dealkylation sites (tertiary alicyclic amines) is 1. The second-order valence-corrected chi connectivity index (χ2v) is 6.33. The average molecular weight is 290 g/mol. The molecule has 2 aliphatic rings. The van der Waals surface area contributed by atoms with E-state index in [0.717, 1.165) is 13.0 Å². The summed E-state index contributed by atoms with van der Waals surface area (Å²) < 4.78 is 11.7. The van der Waals surface area contributed by atoms with Crippen molar-refractivity contribution >= 4 is 5.91 Å². The highest BCUT2D eigenvalue weighted by Gasteiger charge is 2.41. The Hall–Kier alpha value is -1.75. The van der Waals surface area contributed by atoms with Crippen molar-refractivity contribution in [3.8, 4) is 11.5 Å². The Balaban J connectivity index is 1.74. The summed E-state index contributed by atoms with van der Waals surface area (Å²) in [6.07, 6.45) is 0.0606. The van der Waals surface area contributed by atoms with Gasteiger partial charge in [-0.1, -0.05) is 19.1 Å². The number of carbonyl (C=O) groups excluding carboxylic acids is 1. The lowest BCUT2D eigenvalue weighted by atomic mass is 9.90. The van der Waals surface area contributed by atoms with E-state index >= 15 is 0 Å². The fraction of sp³-hybridized carbons (Fsp3) is 0.562. The summed E-state index contributed by atoms with van der Waals surface area (Å²) in [5.74, 6) is 1.33. The molecule has 0 bridgehead atoms. The summed E-state index contributed by atoms with van der Waals surface area (Å²) >= 11 is 0. The zero-order chi connectivity index (χ0) is 15.0. The van der Waals surface area contributed by atoms with Crippen LogP contribution in [-0.2, 0) is 4.79 Å². The molecule has 0 aromatic heterocycles. The molecule has 3 rings (SSSR count). The zero-order valence-electron chi connectivity index (χ0n) is 12.5. The van der Waals surface area contributed by atoms with Crippen LogP contribution in [0.2, 0.25) is 0 Å². The molecule has 5 heteroatoms. The van der Waals surface area contributed by atoms with Crippen molar-refractivity contribution in [1.29, 1.82) is 0 Å². The number of para-hydroxylation sites is 2. The van der Waals surface area contributed by atoms with Crippen LogP contribution in [0.4, 0.5) is 0 Å². The molecule has 1 saturated heterocycles. The first-order valence-electron chi connectivity index (χ1n) is 7.44. The molecule has 2 heterocycles. The summed E-state index contributed by atoms with van der Waals surface area (Å²) in [6.45, 7) is 6.02. The lowest BCUT2D eigenvalue weighted by molar-refractivity contribution is -0.143. The smallest absolute Gasteiger partial charge is 0.267 e. The third-order valence-corrected chi connectivity index (χ3v) is 4.45. The molecule has 114 valence electrons. The Morgan fingerprint density at radius 3 is 2.67 bits per heavy atom. The second kappa shape index (κ2) is 5.22. The molecule has 1 aromatic carbocycles.